The molecule has 7 nitrogen and oxygen atoms in total. The average Bonchev–Trinajstić information content (AvgIpc) is 2.94. The van der Waals surface area contributed by atoms with E-state index >= 15 is 0 Å². The van der Waals surface area contributed by atoms with Gasteiger partial charge in [0.2, 0.25) is 0 Å². The number of thioether (sulfide) groups is 1. The van der Waals surface area contributed by atoms with E-state index in [1.54, 1.807) is 13.0 Å². The zero-order valence-corrected chi connectivity index (χ0v) is 10.5. The van der Waals surface area contributed by atoms with Crippen LogP contribution in [0.4, 0.5) is 0 Å². The van der Waals surface area contributed by atoms with Gasteiger partial charge >= 0.3 is 5.97 Å². The Labute approximate surface area is 107 Å². The number of carbonyl (C=O) groups is 2. The highest BCUT2D eigenvalue weighted by Crippen LogP contribution is 2.21. The molecule has 1 aliphatic heterocycles. The Morgan fingerprint density at radius 1 is 1.72 bits per heavy atom. The van der Waals surface area contributed by atoms with Gasteiger partial charge in [0.05, 0.1) is 5.88 Å². The van der Waals surface area contributed by atoms with E-state index in [-0.39, 0.29) is 18.4 Å². The molecule has 1 unspecified atom stereocenters. The number of carboxylic acids is 1. The molecule has 0 aromatic carbocycles. The number of nitrogens with zero attached hydrogens (tertiary/aromatic N) is 2. The first-order valence-corrected chi connectivity index (χ1v) is 6.39. The van der Waals surface area contributed by atoms with Crippen LogP contribution in [0.3, 0.4) is 0 Å². The van der Waals surface area contributed by atoms with Gasteiger partial charge in [0.15, 0.2) is 6.61 Å². The fourth-order valence-electron chi connectivity index (χ4n) is 1.52. The number of aliphatic carboxylic acids is 1. The maximum absolute atomic E-state index is 11.8. The molecule has 0 bridgehead atoms. The van der Waals surface area contributed by atoms with E-state index in [1.165, 1.54) is 16.7 Å². The Hall–Kier alpha value is -1.70. The molecular weight excluding hydrogens is 260 g/mol. The highest BCUT2D eigenvalue weighted by Gasteiger charge is 2.34. The Morgan fingerprint density at radius 2 is 2.50 bits per heavy atom. The van der Waals surface area contributed by atoms with Gasteiger partial charge in [0, 0.05) is 11.8 Å². The molecule has 0 saturated carbocycles. The van der Waals surface area contributed by atoms with Crippen molar-refractivity contribution in [2.24, 2.45) is 0 Å². The van der Waals surface area contributed by atoms with Crippen molar-refractivity contribution in [3.8, 4) is 5.88 Å². The molecule has 18 heavy (non-hydrogen) atoms. The van der Waals surface area contributed by atoms with E-state index in [9.17, 15) is 9.59 Å². The van der Waals surface area contributed by atoms with Crippen LogP contribution < -0.4 is 4.74 Å². The summed E-state index contributed by atoms with van der Waals surface area (Å²) in [4.78, 5) is 24.0. The van der Waals surface area contributed by atoms with Crippen LogP contribution in [0.1, 0.15) is 5.76 Å². The number of hydrogen-bond donors (Lipinski definition) is 1. The molecule has 98 valence electrons. The second-order valence-corrected chi connectivity index (χ2v) is 4.78. The van der Waals surface area contributed by atoms with Crippen molar-refractivity contribution in [2.45, 2.75) is 13.0 Å². The summed E-state index contributed by atoms with van der Waals surface area (Å²) in [5.41, 5.74) is 0. The number of carbonyl (C=O) groups excluding carboxylic acids is 1. The quantitative estimate of drug-likeness (QED) is 0.845. The van der Waals surface area contributed by atoms with Crippen LogP contribution in [0, 0.1) is 6.92 Å². The number of amides is 1. The summed E-state index contributed by atoms with van der Waals surface area (Å²) in [5, 5.41) is 12.5. The Morgan fingerprint density at radius 3 is 3.11 bits per heavy atom. The lowest BCUT2D eigenvalue weighted by Crippen LogP contribution is -2.43. The maximum Gasteiger partial charge on any atom is 0.327 e. The number of carboxylic acid groups (broad SMARTS) is 1. The third kappa shape index (κ3) is 2.76. The average molecular weight is 272 g/mol. The highest BCUT2D eigenvalue weighted by molar-refractivity contribution is 7.99. The predicted molar refractivity (Wildman–Crippen MR) is 62.3 cm³/mol. The molecule has 1 aromatic heterocycles. The van der Waals surface area contributed by atoms with Gasteiger partial charge in [0.25, 0.3) is 11.8 Å². The fourth-order valence-corrected chi connectivity index (χ4v) is 2.70. The summed E-state index contributed by atoms with van der Waals surface area (Å²) in [5.74, 6) is 0.220. The number of ether oxygens (including phenoxy) is 1. The molecule has 0 spiro atoms. The second-order valence-electron chi connectivity index (χ2n) is 3.78. The molecule has 0 radical (unpaired) electrons. The minimum absolute atomic E-state index is 0.222. The molecule has 1 atom stereocenters. The van der Waals surface area contributed by atoms with Gasteiger partial charge in [-0.3, -0.25) is 4.79 Å². The van der Waals surface area contributed by atoms with E-state index in [1.807, 2.05) is 0 Å². The van der Waals surface area contributed by atoms with Crippen molar-refractivity contribution >= 4 is 23.6 Å². The standard InChI is InChI=1S/C10H12N2O5S/c1-6-2-8(11-17-6)16-3-9(13)12-5-18-4-7(12)10(14)15/h2,7H,3-5H2,1H3,(H,14,15). The van der Waals surface area contributed by atoms with E-state index < -0.39 is 12.0 Å². The van der Waals surface area contributed by atoms with Gasteiger partial charge in [-0.1, -0.05) is 0 Å². The molecule has 1 amide bonds. The molecule has 1 aromatic rings. The first-order valence-electron chi connectivity index (χ1n) is 5.24. The topological polar surface area (TPSA) is 92.9 Å². The lowest BCUT2D eigenvalue weighted by molar-refractivity contribution is -0.148. The van der Waals surface area contributed by atoms with Gasteiger partial charge in [-0.2, -0.15) is 0 Å². The van der Waals surface area contributed by atoms with Crippen molar-refractivity contribution in [3.63, 3.8) is 0 Å². The molecule has 1 saturated heterocycles. The summed E-state index contributed by atoms with van der Waals surface area (Å²) >= 11 is 1.41. The number of aryl methyl sites for hydroxylation is 1. The van der Waals surface area contributed by atoms with Crippen molar-refractivity contribution in [3.05, 3.63) is 11.8 Å². The summed E-state index contributed by atoms with van der Waals surface area (Å²) in [6.07, 6.45) is 0. The molecule has 1 N–H and O–H groups in total. The molecule has 2 rings (SSSR count). The van der Waals surface area contributed by atoms with Crippen LogP contribution in [0.5, 0.6) is 5.88 Å². The van der Waals surface area contributed by atoms with E-state index in [4.69, 9.17) is 14.4 Å². The molecule has 1 aliphatic rings. The van der Waals surface area contributed by atoms with Gasteiger partial charge in [0.1, 0.15) is 11.8 Å². The number of hydrogen-bond acceptors (Lipinski definition) is 6. The summed E-state index contributed by atoms with van der Waals surface area (Å²) in [6, 6.07) is 0.783. The Bertz CT molecular complexity index is 461. The van der Waals surface area contributed by atoms with Crippen molar-refractivity contribution in [2.75, 3.05) is 18.2 Å². The first-order chi connectivity index (χ1) is 8.58. The Balaban J connectivity index is 1.89. The molecule has 1 fully saturated rings. The molecule has 2 heterocycles. The van der Waals surface area contributed by atoms with Crippen LogP contribution in [-0.2, 0) is 9.59 Å². The third-order valence-corrected chi connectivity index (χ3v) is 3.45. The van der Waals surface area contributed by atoms with Gasteiger partial charge < -0.3 is 19.3 Å². The normalized spacial score (nSPS) is 18.9. The summed E-state index contributed by atoms with van der Waals surface area (Å²) in [6.45, 7) is 1.47. The SMILES string of the molecule is Cc1cc(OCC(=O)N2CSCC2C(=O)O)no1. The van der Waals surface area contributed by atoms with Crippen LogP contribution in [-0.4, -0.2) is 51.3 Å². The van der Waals surface area contributed by atoms with Crippen LogP contribution in [0.15, 0.2) is 10.6 Å². The molecule has 8 heteroatoms. The van der Waals surface area contributed by atoms with Crippen molar-refractivity contribution < 1.29 is 24.0 Å². The van der Waals surface area contributed by atoms with E-state index in [2.05, 4.69) is 5.16 Å². The van der Waals surface area contributed by atoms with Crippen LogP contribution in [0.25, 0.3) is 0 Å². The van der Waals surface area contributed by atoms with Crippen LogP contribution >= 0.6 is 11.8 Å². The molecular formula is C10H12N2O5S. The van der Waals surface area contributed by atoms with Crippen molar-refractivity contribution in [1.82, 2.24) is 10.1 Å². The fraction of sp³-hybridized carbons (Fsp3) is 0.500. The lowest BCUT2D eigenvalue weighted by atomic mass is 10.3. The monoisotopic (exact) mass is 272 g/mol. The predicted octanol–water partition coefficient (Wildman–Crippen LogP) is 0.348. The van der Waals surface area contributed by atoms with Crippen molar-refractivity contribution in [1.29, 1.82) is 0 Å². The maximum atomic E-state index is 11.8. The summed E-state index contributed by atoms with van der Waals surface area (Å²) < 4.78 is 9.91. The highest BCUT2D eigenvalue weighted by atomic mass is 32.2. The van der Waals surface area contributed by atoms with E-state index in [0.29, 0.717) is 17.4 Å². The minimum Gasteiger partial charge on any atom is -0.480 e. The van der Waals surface area contributed by atoms with Gasteiger partial charge in [-0.15, -0.1) is 11.8 Å². The minimum atomic E-state index is -0.995. The number of aromatic nitrogens is 1. The second kappa shape index (κ2) is 5.30. The van der Waals surface area contributed by atoms with Gasteiger partial charge in [-0.25, -0.2) is 4.79 Å². The van der Waals surface area contributed by atoms with Crippen LogP contribution in [0.2, 0.25) is 0 Å². The largest absolute Gasteiger partial charge is 0.480 e. The zero-order valence-electron chi connectivity index (χ0n) is 9.66. The summed E-state index contributed by atoms with van der Waals surface area (Å²) in [7, 11) is 0. The van der Waals surface area contributed by atoms with Gasteiger partial charge in [-0.05, 0) is 12.1 Å². The smallest absolute Gasteiger partial charge is 0.327 e. The molecule has 0 aliphatic carbocycles. The Kier molecular flexibility index (Phi) is 3.75. The van der Waals surface area contributed by atoms with E-state index in [0.717, 1.165) is 0 Å². The zero-order chi connectivity index (χ0) is 13.1. The lowest BCUT2D eigenvalue weighted by Gasteiger charge is -2.19. The number of rotatable bonds is 4. The third-order valence-electron chi connectivity index (χ3n) is 2.44. The first kappa shape index (κ1) is 12.7.